The van der Waals surface area contributed by atoms with Gasteiger partial charge in [-0.3, -0.25) is 4.79 Å². The fourth-order valence-corrected chi connectivity index (χ4v) is 3.01. The van der Waals surface area contributed by atoms with Crippen LogP contribution in [0, 0.1) is 5.82 Å². The lowest BCUT2D eigenvalue weighted by molar-refractivity contribution is -0.121. The van der Waals surface area contributed by atoms with Crippen LogP contribution in [0.2, 0.25) is 0 Å². The summed E-state index contributed by atoms with van der Waals surface area (Å²) in [7, 11) is 0. The Balaban J connectivity index is 1.33. The maximum absolute atomic E-state index is 13.8. The van der Waals surface area contributed by atoms with Crippen LogP contribution in [0.1, 0.15) is 30.8 Å². The van der Waals surface area contributed by atoms with E-state index >= 15 is 0 Å². The minimum atomic E-state index is -0.375. The minimum Gasteiger partial charge on any atom is -0.454 e. The zero-order chi connectivity index (χ0) is 19.5. The Kier molecular flexibility index (Phi) is 4.97. The molecule has 7 heteroatoms. The number of rotatable bonds is 6. The number of halogens is 1. The summed E-state index contributed by atoms with van der Waals surface area (Å²) < 4.78 is 30.1. The van der Waals surface area contributed by atoms with Crippen molar-refractivity contribution in [1.82, 2.24) is 10.3 Å². The number of nitrogens with zero attached hydrogens (tertiary/aromatic N) is 1. The molecule has 2 heterocycles. The molecule has 6 nitrogen and oxygen atoms in total. The normalized spacial score (nSPS) is 13.4. The number of carbonyl (C=O) groups excluding carboxylic acids is 1. The predicted octanol–water partition coefficient (Wildman–Crippen LogP) is 4.02. The Bertz CT molecular complexity index is 1000. The third-order valence-corrected chi connectivity index (χ3v) is 4.53. The second-order valence-electron chi connectivity index (χ2n) is 6.50. The van der Waals surface area contributed by atoms with Crippen LogP contribution in [0.4, 0.5) is 4.39 Å². The summed E-state index contributed by atoms with van der Waals surface area (Å²) in [6.07, 6.45) is 2.02. The molecular weight excluding hydrogens is 363 g/mol. The number of hydrogen-bond donors (Lipinski definition) is 1. The molecular formula is C21H19FN2O4. The third kappa shape index (κ3) is 3.83. The highest BCUT2D eigenvalue weighted by molar-refractivity contribution is 5.76. The van der Waals surface area contributed by atoms with Crippen LogP contribution in [-0.4, -0.2) is 17.7 Å². The number of aromatic nitrogens is 1. The first kappa shape index (κ1) is 18.0. The fraction of sp³-hybridized carbons (Fsp3) is 0.238. The quantitative estimate of drug-likeness (QED) is 0.697. The number of hydrogen-bond acceptors (Lipinski definition) is 5. The molecule has 0 spiro atoms. The first-order valence-electron chi connectivity index (χ1n) is 8.98. The molecule has 1 aliphatic rings. The lowest BCUT2D eigenvalue weighted by Crippen LogP contribution is -2.26. The molecule has 0 fully saturated rings. The second-order valence-corrected chi connectivity index (χ2v) is 6.50. The Morgan fingerprint density at radius 3 is 2.89 bits per heavy atom. The zero-order valence-corrected chi connectivity index (χ0v) is 15.3. The SMILES string of the molecule is CC(NC(=O)CCc1ncc(-c2ccccc2F)o1)c1ccc2c(c1)OCO2. The van der Waals surface area contributed by atoms with Gasteiger partial charge in [0.15, 0.2) is 23.1 Å². The van der Waals surface area contributed by atoms with E-state index in [-0.39, 0.29) is 31.0 Å². The topological polar surface area (TPSA) is 73.6 Å². The molecule has 1 aliphatic heterocycles. The van der Waals surface area contributed by atoms with Gasteiger partial charge < -0.3 is 19.2 Å². The van der Waals surface area contributed by atoms with Gasteiger partial charge in [-0.2, -0.15) is 0 Å². The summed E-state index contributed by atoms with van der Waals surface area (Å²) in [5, 5.41) is 2.94. The molecule has 2 aromatic carbocycles. The van der Waals surface area contributed by atoms with E-state index in [4.69, 9.17) is 13.9 Å². The molecule has 1 unspecified atom stereocenters. The van der Waals surface area contributed by atoms with Crippen molar-refractivity contribution in [2.75, 3.05) is 6.79 Å². The molecule has 0 saturated carbocycles. The number of aryl methyl sites for hydroxylation is 1. The van der Waals surface area contributed by atoms with Crippen molar-refractivity contribution in [2.24, 2.45) is 0 Å². The standard InChI is InChI=1S/C21H19FN2O4/c1-13(14-6-7-17-18(10-14)27-12-26-17)24-20(25)8-9-21-23-11-19(28-21)15-4-2-3-5-16(15)22/h2-7,10-11,13H,8-9,12H2,1H3,(H,24,25). The predicted molar refractivity (Wildman–Crippen MR) is 99.3 cm³/mol. The number of carbonyl (C=O) groups is 1. The van der Waals surface area contributed by atoms with E-state index in [0.29, 0.717) is 35.1 Å². The summed E-state index contributed by atoms with van der Waals surface area (Å²) in [5.41, 5.74) is 1.28. The van der Waals surface area contributed by atoms with E-state index in [1.807, 2.05) is 25.1 Å². The number of nitrogens with one attached hydrogen (secondary N) is 1. The van der Waals surface area contributed by atoms with Crippen molar-refractivity contribution < 1.29 is 23.1 Å². The molecule has 28 heavy (non-hydrogen) atoms. The summed E-state index contributed by atoms with van der Waals surface area (Å²) in [5.74, 6) is 1.62. The molecule has 144 valence electrons. The lowest BCUT2D eigenvalue weighted by Gasteiger charge is -2.14. The van der Waals surface area contributed by atoms with Crippen LogP contribution in [0.25, 0.3) is 11.3 Å². The van der Waals surface area contributed by atoms with Gasteiger partial charge in [-0.15, -0.1) is 0 Å². The van der Waals surface area contributed by atoms with Crippen molar-refractivity contribution in [2.45, 2.75) is 25.8 Å². The van der Waals surface area contributed by atoms with E-state index in [1.165, 1.54) is 12.3 Å². The molecule has 1 N–H and O–H groups in total. The maximum Gasteiger partial charge on any atom is 0.231 e. The molecule has 1 atom stereocenters. The Morgan fingerprint density at radius 2 is 2.04 bits per heavy atom. The van der Waals surface area contributed by atoms with Crippen LogP contribution in [-0.2, 0) is 11.2 Å². The number of oxazole rings is 1. The zero-order valence-electron chi connectivity index (χ0n) is 15.3. The average molecular weight is 382 g/mol. The summed E-state index contributed by atoms with van der Waals surface area (Å²) >= 11 is 0. The van der Waals surface area contributed by atoms with Gasteiger partial charge in [0.1, 0.15) is 5.82 Å². The van der Waals surface area contributed by atoms with Crippen molar-refractivity contribution in [3.8, 4) is 22.8 Å². The Hall–Kier alpha value is -3.35. The lowest BCUT2D eigenvalue weighted by atomic mass is 10.1. The Labute approximate surface area is 161 Å². The molecule has 1 amide bonds. The largest absolute Gasteiger partial charge is 0.454 e. The van der Waals surface area contributed by atoms with Gasteiger partial charge in [-0.05, 0) is 36.8 Å². The fourth-order valence-electron chi connectivity index (χ4n) is 3.01. The van der Waals surface area contributed by atoms with Gasteiger partial charge in [-0.25, -0.2) is 9.37 Å². The number of amides is 1. The van der Waals surface area contributed by atoms with Crippen LogP contribution >= 0.6 is 0 Å². The van der Waals surface area contributed by atoms with E-state index < -0.39 is 0 Å². The maximum atomic E-state index is 13.8. The molecule has 3 aromatic rings. The monoisotopic (exact) mass is 382 g/mol. The van der Waals surface area contributed by atoms with E-state index in [0.717, 1.165) is 5.56 Å². The van der Waals surface area contributed by atoms with Crippen molar-refractivity contribution in [3.63, 3.8) is 0 Å². The summed E-state index contributed by atoms with van der Waals surface area (Å²) in [6.45, 7) is 2.11. The number of ether oxygens (including phenoxy) is 2. The van der Waals surface area contributed by atoms with Crippen LogP contribution in [0.5, 0.6) is 11.5 Å². The number of fused-ring (bicyclic) bond motifs is 1. The highest BCUT2D eigenvalue weighted by Crippen LogP contribution is 2.34. The molecule has 0 bridgehead atoms. The number of benzene rings is 2. The van der Waals surface area contributed by atoms with Crippen LogP contribution < -0.4 is 14.8 Å². The molecule has 0 aliphatic carbocycles. The summed E-state index contributed by atoms with van der Waals surface area (Å²) in [4.78, 5) is 16.4. The van der Waals surface area contributed by atoms with Gasteiger partial charge in [-0.1, -0.05) is 18.2 Å². The molecule has 0 radical (unpaired) electrons. The average Bonchev–Trinajstić information content (AvgIpc) is 3.35. The van der Waals surface area contributed by atoms with Crippen LogP contribution in [0.15, 0.2) is 53.1 Å². The van der Waals surface area contributed by atoms with Gasteiger partial charge in [0.2, 0.25) is 12.7 Å². The third-order valence-electron chi connectivity index (χ3n) is 4.53. The first-order chi connectivity index (χ1) is 13.6. The van der Waals surface area contributed by atoms with E-state index in [2.05, 4.69) is 10.3 Å². The summed E-state index contributed by atoms with van der Waals surface area (Å²) in [6, 6.07) is 11.7. The van der Waals surface area contributed by atoms with Crippen molar-refractivity contribution in [1.29, 1.82) is 0 Å². The first-order valence-corrected chi connectivity index (χ1v) is 8.98. The van der Waals surface area contributed by atoms with Crippen LogP contribution in [0.3, 0.4) is 0 Å². The van der Waals surface area contributed by atoms with E-state index in [9.17, 15) is 9.18 Å². The van der Waals surface area contributed by atoms with Gasteiger partial charge >= 0.3 is 0 Å². The van der Waals surface area contributed by atoms with Crippen molar-refractivity contribution >= 4 is 5.91 Å². The highest BCUT2D eigenvalue weighted by Gasteiger charge is 2.17. The van der Waals surface area contributed by atoms with Gasteiger partial charge in [0, 0.05) is 12.8 Å². The van der Waals surface area contributed by atoms with Gasteiger partial charge in [0.05, 0.1) is 17.8 Å². The van der Waals surface area contributed by atoms with E-state index in [1.54, 1.807) is 18.2 Å². The smallest absolute Gasteiger partial charge is 0.231 e. The second kappa shape index (κ2) is 7.72. The highest BCUT2D eigenvalue weighted by atomic mass is 19.1. The Morgan fingerprint density at radius 1 is 1.21 bits per heavy atom. The van der Waals surface area contributed by atoms with Crippen molar-refractivity contribution in [3.05, 3.63) is 65.9 Å². The molecule has 4 rings (SSSR count). The molecule has 0 saturated heterocycles. The molecule has 1 aromatic heterocycles. The van der Waals surface area contributed by atoms with Gasteiger partial charge in [0.25, 0.3) is 0 Å². The minimum absolute atomic E-state index is 0.129.